The van der Waals surface area contributed by atoms with Crippen LogP contribution in [0.1, 0.15) is 19.8 Å². The van der Waals surface area contributed by atoms with Gasteiger partial charge in [-0.05, 0) is 31.9 Å². The largest absolute Gasteiger partial charge is 0.477 e. The van der Waals surface area contributed by atoms with Gasteiger partial charge < -0.3 is 10.1 Å². The van der Waals surface area contributed by atoms with E-state index in [0.717, 1.165) is 25.0 Å². The molecule has 2 N–H and O–H groups in total. The van der Waals surface area contributed by atoms with Crippen LogP contribution in [0.15, 0.2) is 23.1 Å². The average Bonchev–Trinajstić information content (AvgIpc) is 3.15. The third kappa shape index (κ3) is 5.14. The smallest absolute Gasteiger partial charge is 0.321 e. The number of amides is 3. The molecule has 12 heteroatoms. The summed E-state index contributed by atoms with van der Waals surface area (Å²) in [6.45, 7) is 2.08. The summed E-state index contributed by atoms with van der Waals surface area (Å²) in [6, 6.07) is 2.51. The van der Waals surface area contributed by atoms with Crippen LogP contribution < -0.4 is 15.4 Å². The molecule has 1 heterocycles. The second kappa shape index (κ2) is 8.77. The Kier molecular flexibility index (Phi) is 6.69. The SMILES string of the molecule is CCNC(=O)NC(=O)COc1ccc(S(=O)(=O)N2CCCC2)cc1[N+](=O)[O-]. The van der Waals surface area contributed by atoms with Crippen molar-refractivity contribution < 1.29 is 27.7 Å². The van der Waals surface area contributed by atoms with Crippen LogP contribution in [0.2, 0.25) is 0 Å². The molecule has 0 radical (unpaired) electrons. The topological polar surface area (TPSA) is 148 Å². The summed E-state index contributed by atoms with van der Waals surface area (Å²) in [5, 5.41) is 15.6. The molecule has 0 bridgehead atoms. The standard InChI is InChI=1S/C15H20N4O7S/c1-2-16-15(21)17-14(20)10-26-13-6-5-11(9-12(13)19(22)23)27(24,25)18-7-3-4-8-18/h5-6,9H,2-4,7-8,10H2,1H3,(H2,16,17,20,21). The van der Waals surface area contributed by atoms with E-state index in [9.17, 15) is 28.1 Å². The van der Waals surface area contributed by atoms with Crippen molar-refractivity contribution in [2.75, 3.05) is 26.2 Å². The average molecular weight is 400 g/mol. The van der Waals surface area contributed by atoms with Crippen molar-refractivity contribution in [3.63, 3.8) is 0 Å². The summed E-state index contributed by atoms with van der Waals surface area (Å²) >= 11 is 0. The summed E-state index contributed by atoms with van der Waals surface area (Å²) in [7, 11) is -3.82. The lowest BCUT2D eigenvalue weighted by Gasteiger charge is -2.15. The second-order valence-corrected chi connectivity index (χ2v) is 7.63. The molecule has 0 atom stereocenters. The van der Waals surface area contributed by atoms with Gasteiger partial charge in [0.2, 0.25) is 10.0 Å². The van der Waals surface area contributed by atoms with Gasteiger partial charge in [0, 0.05) is 25.7 Å². The fourth-order valence-electron chi connectivity index (χ4n) is 2.51. The molecule has 1 aromatic carbocycles. The van der Waals surface area contributed by atoms with Crippen LogP contribution in [-0.2, 0) is 14.8 Å². The van der Waals surface area contributed by atoms with Crippen LogP contribution in [0.25, 0.3) is 0 Å². The van der Waals surface area contributed by atoms with Crippen molar-refractivity contribution in [3.8, 4) is 5.75 Å². The van der Waals surface area contributed by atoms with Gasteiger partial charge in [-0.2, -0.15) is 4.31 Å². The minimum atomic E-state index is -3.82. The molecule has 1 aliphatic heterocycles. The minimum Gasteiger partial charge on any atom is -0.477 e. The van der Waals surface area contributed by atoms with Crippen molar-refractivity contribution in [2.45, 2.75) is 24.7 Å². The molecular formula is C15H20N4O7S. The fourth-order valence-corrected chi connectivity index (χ4v) is 4.05. The molecule has 0 spiro atoms. The Morgan fingerprint density at radius 3 is 2.56 bits per heavy atom. The van der Waals surface area contributed by atoms with E-state index in [1.807, 2.05) is 5.32 Å². The lowest BCUT2D eigenvalue weighted by molar-refractivity contribution is -0.386. The van der Waals surface area contributed by atoms with Gasteiger partial charge in [-0.15, -0.1) is 0 Å². The van der Waals surface area contributed by atoms with Gasteiger partial charge in [-0.25, -0.2) is 13.2 Å². The number of urea groups is 1. The maximum absolute atomic E-state index is 12.5. The van der Waals surface area contributed by atoms with Crippen LogP contribution in [0.3, 0.4) is 0 Å². The Bertz CT molecular complexity index is 835. The summed E-state index contributed by atoms with van der Waals surface area (Å²) in [4.78, 5) is 33.1. The Labute approximate surface area is 155 Å². The van der Waals surface area contributed by atoms with Gasteiger partial charge in [-0.3, -0.25) is 20.2 Å². The number of nitrogens with zero attached hydrogens (tertiary/aromatic N) is 2. The van der Waals surface area contributed by atoms with Crippen LogP contribution in [0.4, 0.5) is 10.5 Å². The van der Waals surface area contributed by atoms with Gasteiger partial charge in [0.05, 0.1) is 9.82 Å². The first-order valence-electron chi connectivity index (χ1n) is 8.24. The fraction of sp³-hybridized carbons (Fsp3) is 0.467. The Morgan fingerprint density at radius 2 is 1.96 bits per heavy atom. The van der Waals surface area contributed by atoms with E-state index in [2.05, 4.69) is 5.32 Å². The van der Waals surface area contributed by atoms with Crippen molar-refractivity contribution in [1.82, 2.24) is 14.9 Å². The first-order chi connectivity index (χ1) is 12.8. The molecule has 11 nitrogen and oxygen atoms in total. The summed E-state index contributed by atoms with van der Waals surface area (Å²) in [6.07, 6.45) is 1.48. The van der Waals surface area contributed by atoms with Crippen molar-refractivity contribution in [1.29, 1.82) is 0 Å². The van der Waals surface area contributed by atoms with Gasteiger partial charge in [0.1, 0.15) is 0 Å². The molecule has 27 heavy (non-hydrogen) atoms. The van der Waals surface area contributed by atoms with E-state index in [1.54, 1.807) is 6.92 Å². The highest BCUT2D eigenvalue weighted by Gasteiger charge is 2.30. The van der Waals surface area contributed by atoms with Crippen LogP contribution in [0, 0.1) is 10.1 Å². The van der Waals surface area contributed by atoms with E-state index >= 15 is 0 Å². The van der Waals surface area contributed by atoms with Crippen molar-refractivity contribution >= 4 is 27.6 Å². The maximum atomic E-state index is 12.5. The number of carbonyl (C=O) groups is 2. The Balaban J connectivity index is 2.15. The number of ether oxygens (including phenoxy) is 1. The van der Waals surface area contributed by atoms with E-state index < -0.39 is 39.2 Å². The highest BCUT2D eigenvalue weighted by atomic mass is 32.2. The Morgan fingerprint density at radius 1 is 1.30 bits per heavy atom. The predicted molar refractivity (Wildman–Crippen MR) is 93.8 cm³/mol. The lowest BCUT2D eigenvalue weighted by atomic mass is 10.3. The zero-order valence-electron chi connectivity index (χ0n) is 14.6. The van der Waals surface area contributed by atoms with Gasteiger partial charge in [-0.1, -0.05) is 0 Å². The zero-order chi connectivity index (χ0) is 20.0. The molecule has 0 aliphatic carbocycles. The molecule has 0 unspecified atom stereocenters. The molecule has 1 fully saturated rings. The van der Waals surface area contributed by atoms with Crippen molar-refractivity contribution in [2.24, 2.45) is 0 Å². The molecule has 2 rings (SSSR count). The van der Waals surface area contributed by atoms with Gasteiger partial charge in [0.15, 0.2) is 12.4 Å². The van der Waals surface area contributed by atoms with Crippen molar-refractivity contribution in [3.05, 3.63) is 28.3 Å². The maximum Gasteiger partial charge on any atom is 0.321 e. The van der Waals surface area contributed by atoms with Crippen LogP contribution >= 0.6 is 0 Å². The predicted octanol–water partition coefficient (Wildman–Crippen LogP) is 0.604. The number of imide groups is 1. The van der Waals surface area contributed by atoms with Crippen LogP contribution in [0.5, 0.6) is 5.75 Å². The first-order valence-corrected chi connectivity index (χ1v) is 9.68. The number of nitro groups is 1. The van der Waals surface area contributed by atoms with E-state index in [-0.39, 0.29) is 10.6 Å². The molecule has 3 amide bonds. The second-order valence-electron chi connectivity index (χ2n) is 5.69. The lowest BCUT2D eigenvalue weighted by Crippen LogP contribution is -2.41. The number of carbonyl (C=O) groups excluding carboxylic acids is 2. The molecule has 1 saturated heterocycles. The molecular weight excluding hydrogens is 380 g/mol. The molecule has 0 saturated carbocycles. The summed E-state index contributed by atoms with van der Waals surface area (Å²) in [5.74, 6) is -1.07. The minimum absolute atomic E-state index is 0.213. The Hall–Kier alpha value is -2.73. The van der Waals surface area contributed by atoms with E-state index in [1.165, 1.54) is 10.4 Å². The third-order valence-electron chi connectivity index (χ3n) is 3.78. The highest BCUT2D eigenvalue weighted by molar-refractivity contribution is 7.89. The number of hydrogen-bond acceptors (Lipinski definition) is 7. The molecule has 1 aliphatic rings. The monoisotopic (exact) mass is 400 g/mol. The number of benzene rings is 1. The normalized spacial score (nSPS) is 14.6. The number of rotatable bonds is 7. The summed E-state index contributed by atoms with van der Waals surface area (Å²) in [5.41, 5.74) is -0.582. The third-order valence-corrected chi connectivity index (χ3v) is 5.67. The zero-order valence-corrected chi connectivity index (χ0v) is 15.5. The van der Waals surface area contributed by atoms with Crippen LogP contribution in [-0.4, -0.2) is 55.8 Å². The number of nitro benzene ring substituents is 1. The molecule has 148 valence electrons. The molecule has 0 aromatic heterocycles. The molecule has 1 aromatic rings. The number of nitrogens with one attached hydrogen (secondary N) is 2. The van der Waals surface area contributed by atoms with Gasteiger partial charge in [0.25, 0.3) is 5.91 Å². The summed E-state index contributed by atoms with van der Waals surface area (Å²) < 4.78 is 31.4. The number of hydrogen-bond donors (Lipinski definition) is 2. The highest BCUT2D eigenvalue weighted by Crippen LogP contribution is 2.31. The van der Waals surface area contributed by atoms with E-state index in [0.29, 0.717) is 19.6 Å². The van der Waals surface area contributed by atoms with Gasteiger partial charge >= 0.3 is 11.7 Å². The first kappa shape index (κ1) is 20.6. The van der Waals surface area contributed by atoms with E-state index in [4.69, 9.17) is 4.74 Å². The quantitative estimate of drug-likeness (QED) is 0.503. The number of sulfonamides is 1.